The number of carbonyl (C=O) groups excluding carboxylic acids is 1. The molecule has 2 N–H and O–H groups in total. The van der Waals surface area contributed by atoms with Crippen molar-refractivity contribution in [3.8, 4) is 5.75 Å². The third kappa shape index (κ3) is 3.47. The Morgan fingerprint density at radius 2 is 2.14 bits per heavy atom. The summed E-state index contributed by atoms with van der Waals surface area (Å²) in [5, 5.41) is 6.35. The smallest absolute Gasteiger partial charge is 0.221 e. The number of anilines is 2. The molecule has 1 aromatic carbocycles. The molecule has 1 aliphatic heterocycles. The first-order valence-electron chi connectivity index (χ1n) is 7.62. The molecule has 0 aromatic heterocycles. The molecule has 5 heteroatoms. The van der Waals surface area contributed by atoms with Crippen molar-refractivity contribution in [1.82, 2.24) is 4.90 Å². The predicted octanol–water partition coefficient (Wildman–Crippen LogP) is 2.30. The van der Waals surface area contributed by atoms with Crippen LogP contribution in [0.15, 0.2) is 18.2 Å². The number of hydrogen-bond acceptors (Lipinski definition) is 4. The van der Waals surface area contributed by atoms with Gasteiger partial charge in [0, 0.05) is 43.9 Å². The minimum absolute atomic E-state index is 0.0927. The molecule has 114 valence electrons. The summed E-state index contributed by atoms with van der Waals surface area (Å²) in [6, 6.07) is 7.17. The Morgan fingerprint density at radius 3 is 2.81 bits per heavy atom. The molecule has 1 unspecified atom stereocenters. The van der Waals surface area contributed by atoms with E-state index in [-0.39, 0.29) is 5.91 Å². The molecular formula is C16H23N3O2. The molecule has 1 atom stereocenters. The molecule has 1 amide bonds. The fourth-order valence-electron chi connectivity index (χ4n) is 2.99. The van der Waals surface area contributed by atoms with Gasteiger partial charge in [0.2, 0.25) is 5.91 Å². The second-order valence-electron chi connectivity index (χ2n) is 5.95. The van der Waals surface area contributed by atoms with E-state index >= 15 is 0 Å². The largest absolute Gasteiger partial charge is 0.494 e. The van der Waals surface area contributed by atoms with Crippen LogP contribution in [0.5, 0.6) is 5.75 Å². The molecule has 5 nitrogen and oxygen atoms in total. The van der Waals surface area contributed by atoms with Crippen LogP contribution in [0.1, 0.15) is 26.2 Å². The van der Waals surface area contributed by atoms with Crippen LogP contribution in [0.25, 0.3) is 0 Å². The van der Waals surface area contributed by atoms with Crippen LogP contribution in [0.4, 0.5) is 11.4 Å². The van der Waals surface area contributed by atoms with Gasteiger partial charge in [-0.3, -0.25) is 9.69 Å². The highest BCUT2D eigenvalue weighted by atomic mass is 16.5. The van der Waals surface area contributed by atoms with Gasteiger partial charge in [-0.25, -0.2) is 0 Å². The normalized spacial score (nSPS) is 22.1. The van der Waals surface area contributed by atoms with Crippen LogP contribution in [0.3, 0.4) is 0 Å². The molecule has 0 bridgehead atoms. The van der Waals surface area contributed by atoms with E-state index in [9.17, 15) is 4.79 Å². The lowest BCUT2D eigenvalue weighted by molar-refractivity contribution is -0.114. The lowest BCUT2D eigenvalue weighted by atomic mass is 10.2. The van der Waals surface area contributed by atoms with E-state index in [0.29, 0.717) is 17.5 Å². The van der Waals surface area contributed by atoms with Gasteiger partial charge in [-0.1, -0.05) is 0 Å². The fraction of sp³-hybridized carbons (Fsp3) is 0.562. The lowest BCUT2D eigenvalue weighted by Gasteiger charge is -2.18. The van der Waals surface area contributed by atoms with E-state index in [1.807, 2.05) is 18.2 Å². The number of amides is 1. The first-order chi connectivity index (χ1) is 10.2. The van der Waals surface area contributed by atoms with Crippen molar-refractivity contribution in [2.45, 2.75) is 38.3 Å². The maximum Gasteiger partial charge on any atom is 0.221 e. The third-order valence-electron chi connectivity index (χ3n) is 4.17. The van der Waals surface area contributed by atoms with E-state index in [2.05, 4.69) is 15.5 Å². The van der Waals surface area contributed by atoms with Gasteiger partial charge in [-0.15, -0.1) is 0 Å². The van der Waals surface area contributed by atoms with Gasteiger partial charge in [0.1, 0.15) is 5.75 Å². The third-order valence-corrected chi connectivity index (χ3v) is 4.17. The Balaban J connectivity index is 1.64. The summed E-state index contributed by atoms with van der Waals surface area (Å²) >= 11 is 0. The van der Waals surface area contributed by atoms with E-state index in [1.54, 1.807) is 7.11 Å². The highest BCUT2D eigenvalue weighted by molar-refractivity contribution is 5.90. The average molecular weight is 289 g/mol. The summed E-state index contributed by atoms with van der Waals surface area (Å²) in [7, 11) is 1.62. The molecule has 0 radical (unpaired) electrons. The van der Waals surface area contributed by atoms with Crippen LogP contribution in [0.2, 0.25) is 0 Å². The van der Waals surface area contributed by atoms with Crippen LogP contribution in [0, 0.1) is 0 Å². The molecule has 2 fully saturated rings. The maximum absolute atomic E-state index is 11.2. The zero-order valence-corrected chi connectivity index (χ0v) is 12.7. The Morgan fingerprint density at radius 1 is 1.33 bits per heavy atom. The molecule has 1 heterocycles. The second-order valence-corrected chi connectivity index (χ2v) is 5.95. The maximum atomic E-state index is 11.2. The van der Waals surface area contributed by atoms with Crippen LogP contribution < -0.4 is 15.4 Å². The van der Waals surface area contributed by atoms with E-state index in [1.165, 1.54) is 32.7 Å². The fourth-order valence-corrected chi connectivity index (χ4v) is 2.99. The molecule has 2 aliphatic rings. The van der Waals surface area contributed by atoms with Gasteiger partial charge in [0.05, 0.1) is 12.8 Å². The highest BCUT2D eigenvalue weighted by Crippen LogP contribution is 2.32. The Kier molecular flexibility index (Phi) is 4.01. The summed E-state index contributed by atoms with van der Waals surface area (Å²) < 4.78 is 5.36. The first-order valence-corrected chi connectivity index (χ1v) is 7.62. The summed E-state index contributed by atoms with van der Waals surface area (Å²) in [6.07, 6.45) is 3.92. The van der Waals surface area contributed by atoms with Crippen molar-refractivity contribution in [3.05, 3.63) is 18.2 Å². The van der Waals surface area contributed by atoms with Gasteiger partial charge in [-0.2, -0.15) is 0 Å². The highest BCUT2D eigenvalue weighted by Gasteiger charge is 2.34. The average Bonchev–Trinajstić information content (AvgIpc) is 3.21. The summed E-state index contributed by atoms with van der Waals surface area (Å²) in [6.45, 7) is 3.82. The zero-order chi connectivity index (χ0) is 14.8. The minimum atomic E-state index is -0.0927. The molecule has 3 rings (SSSR count). The topological polar surface area (TPSA) is 53.6 Å². The van der Waals surface area contributed by atoms with Gasteiger partial charge in [-0.05, 0) is 31.4 Å². The van der Waals surface area contributed by atoms with Crippen molar-refractivity contribution in [1.29, 1.82) is 0 Å². The summed E-state index contributed by atoms with van der Waals surface area (Å²) in [5.74, 6) is 0.595. The second kappa shape index (κ2) is 5.93. The summed E-state index contributed by atoms with van der Waals surface area (Å²) in [4.78, 5) is 13.7. The first kappa shape index (κ1) is 14.2. The van der Waals surface area contributed by atoms with E-state index in [0.717, 1.165) is 18.3 Å². The predicted molar refractivity (Wildman–Crippen MR) is 83.9 cm³/mol. The van der Waals surface area contributed by atoms with Gasteiger partial charge < -0.3 is 15.4 Å². The number of carbonyl (C=O) groups is 1. The van der Waals surface area contributed by atoms with E-state index in [4.69, 9.17) is 4.74 Å². The quantitative estimate of drug-likeness (QED) is 0.873. The monoisotopic (exact) mass is 289 g/mol. The number of nitrogens with one attached hydrogen (secondary N) is 2. The number of hydrogen-bond donors (Lipinski definition) is 2. The number of ether oxygens (including phenoxy) is 1. The number of likely N-dealkylation sites (tertiary alicyclic amines) is 1. The molecular weight excluding hydrogens is 266 g/mol. The van der Waals surface area contributed by atoms with Crippen LogP contribution in [-0.2, 0) is 4.79 Å². The standard InChI is InChI=1S/C16H23N3O2/c1-11(20)17-15-6-3-12(9-16(15)21-2)18-13-7-8-19(10-13)14-4-5-14/h3,6,9,13-14,18H,4-5,7-8,10H2,1-2H3,(H,17,20). The number of nitrogens with zero attached hydrogens (tertiary/aromatic N) is 1. The van der Waals surface area contributed by atoms with Gasteiger partial charge >= 0.3 is 0 Å². The molecule has 1 aliphatic carbocycles. The number of benzene rings is 1. The SMILES string of the molecule is COc1cc(NC2CCN(C3CC3)C2)ccc1NC(C)=O. The van der Waals surface area contributed by atoms with Crippen molar-refractivity contribution < 1.29 is 9.53 Å². The number of rotatable bonds is 5. The molecule has 1 saturated carbocycles. The molecule has 21 heavy (non-hydrogen) atoms. The zero-order valence-electron chi connectivity index (χ0n) is 12.7. The van der Waals surface area contributed by atoms with Crippen LogP contribution >= 0.6 is 0 Å². The van der Waals surface area contributed by atoms with Gasteiger partial charge in [0.25, 0.3) is 0 Å². The van der Waals surface area contributed by atoms with Crippen molar-refractivity contribution in [3.63, 3.8) is 0 Å². The molecule has 0 spiro atoms. The van der Waals surface area contributed by atoms with Crippen molar-refractivity contribution in [2.75, 3.05) is 30.8 Å². The minimum Gasteiger partial charge on any atom is -0.494 e. The number of methoxy groups -OCH3 is 1. The molecule has 1 aromatic rings. The Labute approximate surface area is 125 Å². The van der Waals surface area contributed by atoms with Gasteiger partial charge in [0.15, 0.2) is 0 Å². The Bertz CT molecular complexity index is 528. The molecule has 1 saturated heterocycles. The Hall–Kier alpha value is -1.75. The van der Waals surface area contributed by atoms with E-state index < -0.39 is 0 Å². The van der Waals surface area contributed by atoms with Crippen molar-refractivity contribution in [2.24, 2.45) is 0 Å². The van der Waals surface area contributed by atoms with Crippen LogP contribution in [-0.4, -0.2) is 43.1 Å². The summed E-state index contributed by atoms with van der Waals surface area (Å²) in [5.41, 5.74) is 1.75. The lowest BCUT2D eigenvalue weighted by Crippen LogP contribution is -2.27. The van der Waals surface area contributed by atoms with Crippen molar-refractivity contribution >= 4 is 17.3 Å².